The highest BCUT2D eigenvalue weighted by Gasteiger charge is 2.49. The lowest BCUT2D eigenvalue weighted by atomic mass is 9.71. The van der Waals surface area contributed by atoms with Crippen LogP contribution in [0.5, 0.6) is 0 Å². The lowest BCUT2D eigenvalue weighted by Crippen LogP contribution is -2.64. The Kier molecular flexibility index (Phi) is 6.45. The minimum Gasteiger partial charge on any atom is -0.332 e. The highest BCUT2D eigenvalue weighted by atomic mass is 32.2. The quantitative estimate of drug-likeness (QED) is 0.640. The number of halogens is 3. The molecule has 3 aliphatic rings. The molecule has 8 nitrogen and oxygen atoms in total. The Bertz CT molecular complexity index is 976. The molecule has 3 fully saturated rings. The number of carbonyl (C=O) groups is 2. The third-order valence-corrected chi connectivity index (χ3v) is 9.18. The predicted octanol–water partition coefficient (Wildman–Crippen LogP) is 1.89. The first kappa shape index (κ1) is 24.0. The van der Waals surface area contributed by atoms with Crippen LogP contribution in [0.25, 0.3) is 0 Å². The summed E-state index contributed by atoms with van der Waals surface area (Å²) in [6, 6.07) is 6.02. The summed E-state index contributed by atoms with van der Waals surface area (Å²) >= 11 is 0. The van der Waals surface area contributed by atoms with Gasteiger partial charge in [0, 0.05) is 37.9 Å². The van der Waals surface area contributed by atoms with Gasteiger partial charge >= 0.3 is 12.1 Å². The highest BCUT2D eigenvalue weighted by molar-refractivity contribution is 7.89. The van der Waals surface area contributed by atoms with E-state index in [0.717, 1.165) is 43.7 Å². The fourth-order valence-corrected chi connectivity index (χ4v) is 6.48. The molecular formula is C21H27F3N4O4S. The van der Waals surface area contributed by atoms with Gasteiger partial charge in [-0.2, -0.15) is 17.5 Å². The fraction of sp³-hybridized carbons (Fsp3) is 0.619. The van der Waals surface area contributed by atoms with Crippen molar-refractivity contribution in [3.63, 3.8) is 0 Å². The van der Waals surface area contributed by atoms with Crippen LogP contribution in [0.3, 0.4) is 0 Å². The van der Waals surface area contributed by atoms with Crippen LogP contribution in [0.1, 0.15) is 25.7 Å². The molecule has 12 heteroatoms. The minimum atomic E-state index is -4.82. The fourth-order valence-electron chi connectivity index (χ4n) is 5.04. The molecule has 182 valence electrons. The lowest BCUT2D eigenvalue weighted by molar-refractivity contribution is -0.192. The summed E-state index contributed by atoms with van der Waals surface area (Å²) in [6.45, 7) is 2.56. The number of nitrogens with one attached hydrogen (secondary N) is 1. The van der Waals surface area contributed by atoms with Gasteiger partial charge in [0.25, 0.3) is 0 Å². The van der Waals surface area contributed by atoms with E-state index in [1.54, 1.807) is 12.1 Å². The average Bonchev–Trinajstić information content (AvgIpc) is 2.74. The number of piperidine rings is 2. The Hall–Kier alpha value is -2.18. The molecule has 1 N–H and O–H groups in total. The summed E-state index contributed by atoms with van der Waals surface area (Å²) in [4.78, 5) is 25.0. The molecule has 1 spiro atoms. The first-order chi connectivity index (χ1) is 15.5. The van der Waals surface area contributed by atoms with Crippen LogP contribution in [0.2, 0.25) is 0 Å². The zero-order chi connectivity index (χ0) is 23.9. The monoisotopic (exact) mass is 488 g/mol. The van der Waals surface area contributed by atoms with E-state index < -0.39 is 22.1 Å². The molecule has 0 radical (unpaired) electrons. The van der Waals surface area contributed by atoms with Gasteiger partial charge in [0.1, 0.15) is 0 Å². The van der Waals surface area contributed by atoms with Crippen LogP contribution < -0.4 is 5.32 Å². The Morgan fingerprint density at radius 2 is 1.55 bits per heavy atom. The maximum atomic E-state index is 13.0. The van der Waals surface area contributed by atoms with Gasteiger partial charge in [-0.05, 0) is 68.5 Å². The van der Waals surface area contributed by atoms with Crippen LogP contribution in [-0.4, -0.2) is 86.3 Å². The maximum Gasteiger partial charge on any atom is 0.471 e. The Labute approximate surface area is 190 Å². The molecule has 0 aromatic heterocycles. The third kappa shape index (κ3) is 4.87. The van der Waals surface area contributed by atoms with Crippen LogP contribution >= 0.6 is 0 Å². The van der Waals surface area contributed by atoms with Crippen molar-refractivity contribution >= 4 is 28.0 Å². The SMILES string of the molecule is O=CNc1ccc(S(=O)(=O)N2CCC3(CCN(C4CN(C(=O)C(F)(F)F)C4)CC3)CC2)cc1. The lowest BCUT2D eigenvalue weighted by Gasteiger charge is -2.51. The number of amides is 2. The van der Waals surface area contributed by atoms with Crippen LogP contribution in [-0.2, 0) is 19.6 Å². The molecule has 0 atom stereocenters. The molecule has 2 amide bonds. The average molecular weight is 489 g/mol. The van der Waals surface area contributed by atoms with E-state index in [1.807, 2.05) is 0 Å². The van der Waals surface area contributed by atoms with E-state index in [9.17, 15) is 31.2 Å². The van der Waals surface area contributed by atoms with Crippen molar-refractivity contribution in [2.24, 2.45) is 5.41 Å². The van der Waals surface area contributed by atoms with Gasteiger partial charge in [-0.25, -0.2) is 8.42 Å². The van der Waals surface area contributed by atoms with Crippen molar-refractivity contribution in [2.75, 3.05) is 44.6 Å². The molecule has 3 aliphatic heterocycles. The molecule has 3 heterocycles. The summed E-state index contributed by atoms with van der Waals surface area (Å²) < 4.78 is 65.1. The number of rotatable bonds is 5. The number of sulfonamides is 1. The smallest absolute Gasteiger partial charge is 0.332 e. The molecule has 1 aromatic carbocycles. The first-order valence-electron chi connectivity index (χ1n) is 10.9. The second kappa shape index (κ2) is 8.88. The van der Waals surface area contributed by atoms with E-state index >= 15 is 0 Å². The van der Waals surface area contributed by atoms with E-state index in [2.05, 4.69) is 10.2 Å². The Balaban J connectivity index is 1.27. The number of hydrogen-bond acceptors (Lipinski definition) is 5. The van der Waals surface area contributed by atoms with Crippen molar-refractivity contribution in [2.45, 2.75) is 42.8 Å². The molecule has 1 aromatic rings. The van der Waals surface area contributed by atoms with Crippen molar-refractivity contribution in [3.8, 4) is 0 Å². The Morgan fingerprint density at radius 3 is 2.06 bits per heavy atom. The molecule has 0 aliphatic carbocycles. The minimum absolute atomic E-state index is 0.0363. The molecular weight excluding hydrogens is 461 g/mol. The number of hydrogen-bond donors (Lipinski definition) is 1. The van der Waals surface area contributed by atoms with Gasteiger partial charge in [0.15, 0.2) is 0 Å². The number of carbonyl (C=O) groups excluding carboxylic acids is 2. The standard InChI is InChI=1S/C21H27F3N4O4S/c22-21(23,24)19(30)27-13-17(14-27)26-9-5-20(6-10-26)7-11-28(12-8-20)33(31,32)18-3-1-16(2-4-18)25-15-29/h1-4,15,17H,5-14H2,(H,25,29). The number of alkyl halides is 3. The maximum absolute atomic E-state index is 13.0. The normalized spacial score (nSPS) is 22.7. The van der Waals surface area contributed by atoms with Crippen LogP contribution in [0, 0.1) is 5.41 Å². The van der Waals surface area contributed by atoms with Crippen molar-refractivity contribution in [1.82, 2.24) is 14.1 Å². The van der Waals surface area contributed by atoms with Gasteiger partial charge in [-0.3, -0.25) is 14.5 Å². The third-order valence-electron chi connectivity index (χ3n) is 7.27. The van der Waals surface area contributed by atoms with Crippen LogP contribution in [0.15, 0.2) is 29.2 Å². The van der Waals surface area contributed by atoms with Crippen molar-refractivity contribution < 1.29 is 31.2 Å². The molecule has 3 saturated heterocycles. The van der Waals surface area contributed by atoms with Crippen molar-refractivity contribution in [3.05, 3.63) is 24.3 Å². The van der Waals surface area contributed by atoms with E-state index in [0.29, 0.717) is 25.2 Å². The van der Waals surface area contributed by atoms with E-state index in [4.69, 9.17) is 0 Å². The zero-order valence-electron chi connectivity index (χ0n) is 18.1. The van der Waals surface area contributed by atoms with Gasteiger partial charge in [-0.15, -0.1) is 0 Å². The van der Waals surface area contributed by atoms with Crippen molar-refractivity contribution in [1.29, 1.82) is 0 Å². The van der Waals surface area contributed by atoms with Gasteiger partial charge < -0.3 is 10.2 Å². The predicted molar refractivity (Wildman–Crippen MR) is 114 cm³/mol. The second-order valence-corrected chi connectivity index (χ2v) is 11.0. The summed E-state index contributed by atoms with van der Waals surface area (Å²) in [6.07, 6.45) is -1.06. The number of anilines is 1. The number of likely N-dealkylation sites (tertiary alicyclic amines) is 2. The summed E-state index contributed by atoms with van der Waals surface area (Å²) in [5, 5.41) is 2.48. The first-order valence-corrected chi connectivity index (χ1v) is 12.4. The van der Waals surface area contributed by atoms with E-state index in [1.165, 1.54) is 16.4 Å². The summed E-state index contributed by atoms with van der Waals surface area (Å²) in [7, 11) is -3.62. The largest absolute Gasteiger partial charge is 0.471 e. The zero-order valence-corrected chi connectivity index (χ0v) is 18.9. The summed E-state index contributed by atoms with van der Waals surface area (Å²) in [5.41, 5.74) is 0.566. The van der Waals surface area contributed by atoms with Crippen LogP contribution in [0.4, 0.5) is 18.9 Å². The number of nitrogens with zero attached hydrogens (tertiary/aromatic N) is 3. The van der Waals surface area contributed by atoms with Gasteiger partial charge in [0.05, 0.1) is 4.90 Å². The molecule has 0 unspecified atom stereocenters. The topological polar surface area (TPSA) is 90.0 Å². The Morgan fingerprint density at radius 1 is 1.00 bits per heavy atom. The number of benzene rings is 1. The highest BCUT2D eigenvalue weighted by Crippen LogP contribution is 2.43. The molecule has 4 rings (SSSR count). The second-order valence-electron chi connectivity index (χ2n) is 9.09. The molecule has 0 bridgehead atoms. The molecule has 33 heavy (non-hydrogen) atoms. The molecule has 0 saturated carbocycles. The van der Waals surface area contributed by atoms with Gasteiger partial charge in [0.2, 0.25) is 16.4 Å². The summed E-state index contributed by atoms with van der Waals surface area (Å²) in [5.74, 6) is -1.77. The van der Waals surface area contributed by atoms with E-state index in [-0.39, 0.29) is 29.4 Å². The van der Waals surface area contributed by atoms with Gasteiger partial charge in [-0.1, -0.05) is 0 Å².